The van der Waals surface area contributed by atoms with Crippen LogP contribution >= 0.6 is 22.6 Å². The summed E-state index contributed by atoms with van der Waals surface area (Å²) in [5.41, 5.74) is -1.85. The Balaban J connectivity index is 3.45. The molecule has 0 saturated carbocycles. The SMILES string of the molecule is CCOC(=O)c1cnc(I)c(OC(F)(F)F)c1[N+](=O)[O-]. The molecule has 0 aliphatic heterocycles. The van der Waals surface area contributed by atoms with Crippen molar-refractivity contribution in [2.45, 2.75) is 13.3 Å². The van der Waals surface area contributed by atoms with Crippen LogP contribution in [0.25, 0.3) is 0 Å². The number of hydrogen-bond donors (Lipinski definition) is 0. The Morgan fingerprint density at radius 1 is 1.55 bits per heavy atom. The minimum atomic E-state index is -5.15. The fraction of sp³-hybridized carbons (Fsp3) is 0.333. The first-order valence-corrected chi connectivity index (χ1v) is 6.01. The number of carbonyl (C=O) groups excluding carboxylic acids is 1. The Kier molecular flexibility index (Phi) is 5.08. The van der Waals surface area contributed by atoms with Gasteiger partial charge in [0.15, 0.2) is 9.26 Å². The zero-order valence-corrected chi connectivity index (χ0v) is 11.9. The molecule has 1 aromatic heterocycles. The van der Waals surface area contributed by atoms with Crippen molar-refractivity contribution in [3.63, 3.8) is 0 Å². The van der Waals surface area contributed by atoms with E-state index < -0.39 is 38.0 Å². The lowest BCUT2D eigenvalue weighted by atomic mass is 10.2. The minimum Gasteiger partial charge on any atom is -0.462 e. The molecule has 0 unspecified atom stereocenters. The van der Waals surface area contributed by atoms with Gasteiger partial charge in [0.1, 0.15) is 0 Å². The van der Waals surface area contributed by atoms with Crippen LogP contribution in [0.5, 0.6) is 5.75 Å². The van der Waals surface area contributed by atoms with Crippen LogP contribution in [-0.2, 0) is 4.74 Å². The molecule has 0 aliphatic rings. The number of pyridine rings is 1. The highest BCUT2D eigenvalue weighted by molar-refractivity contribution is 14.1. The number of nitrogens with zero attached hydrogens (tertiary/aromatic N) is 2. The zero-order chi connectivity index (χ0) is 15.5. The van der Waals surface area contributed by atoms with Gasteiger partial charge in [-0.3, -0.25) is 10.1 Å². The van der Waals surface area contributed by atoms with Gasteiger partial charge in [0.2, 0.25) is 5.75 Å². The van der Waals surface area contributed by atoms with Crippen LogP contribution in [0.1, 0.15) is 17.3 Å². The molecule has 1 rings (SSSR count). The summed E-state index contributed by atoms with van der Waals surface area (Å²) in [5.74, 6) is -2.30. The molecule has 0 N–H and O–H groups in total. The van der Waals surface area contributed by atoms with Gasteiger partial charge in [0.05, 0.1) is 11.5 Å². The van der Waals surface area contributed by atoms with E-state index in [9.17, 15) is 28.1 Å². The molecule has 0 radical (unpaired) electrons. The molecule has 0 aliphatic carbocycles. The van der Waals surface area contributed by atoms with Crippen LogP contribution in [0, 0.1) is 13.8 Å². The molecule has 1 heterocycles. The lowest BCUT2D eigenvalue weighted by Gasteiger charge is -2.11. The van der Waals surface area contributed by atoms with Gasteiger partial charge in [0.25, 0.3) is 0 Å². The number of rotatable bonds is 4. The second-order valence-corrected chi connectivity index (χ2v) is 4.19. The van der Waals surface area contributed by atoms with E-state index in [4.69, 9.17) is 0 Å². The fourth-order valence-corrected chi connectivity index (χ4v) is 1.71. The van der Waals surface area contributed by atoms with Crippen LogP contribution in [-0.4, -0.2) is 28.8 Å². The third-order valence-electron chi connectivity index (χ3n) is 1.86. The Morgan fingerprint density at radius 3 is 2.60 bits per heavy atom. The van der Waals surface area contributed by atoms with Gasteiger partial charge < -0.3 is 9.47 Å². The summed E-state index contributed by atoms with van der Waals surface area (Å²) in [5, 5.41) is 10.9. The summed E-state index contributed by atoms with van der Waals surface area (Å²) < 4.78 is 44.5. The lowest BCUT2D eigenvalue weighted by molar-refractivity contribution is -0.389. The van der Waals surface area contributed by atoms with E-state index in [1.807, 2.05) is 0 Å². The van der Waals surface area contributed by atoms with Crippen LogP contribution in [0.2, 0.25) is 0 Å². The van der Waals surface area contributed by atoms with Gasteiger partial charge in [-0.1, -0.05) is 0 Å². The van der Waals surface area contributed by atoms with E-state index in [0.717, 1.165) is 6.20 Å². The largest absolute Gasteiger partial charge is 0.573 e. The number of halogens is 4. The average molecular weight is 406 g/mol. The number of esters is 1. The molecule has 0 amide bonds. The van der Waals surface area contributed by atoms with Crippen LogP contribution in [0.3, 0.4) is 0 Å². The number of ether oxygens (including phenoxy) is 2. The van der Waals surface area contributed by atoms with Crippen molar-refractivity contribution >= 4 is 34.2 Å². The van der Waals surface area contributed by atoms with Crippen molar-refractivity contribution in [1.82, 2.24) is 4.98 Å². The van der Waals surface area contributed by atoms with E-state index >= 15 is 0 Å². The minimum absolute atomic E-state index is 0.0998. The third kappa shape index (κ3) is 3.91. The predicted molar refractivity (Wildman–Crippen MR) is 66.2 cm³/mol. The molecule has 0 saturated heterocycles. The molecule has 0 spiro atoms. The Labute approximate surface area is 123 Å². The lowest BCUT2D eigenvalue weighted by Crippen LogP contribution is -2.20. The van der Waals surface area contributed by atoms with Crippen LogP contribution in [0.4, 0.5) is 18.9 Å². The molecule has 110 valence electrons. The number of alkyl halides is 3. The monoisotopic (exact) mass is 406 g/mol. The standard InChI is InChI=1S/C9H6F3IN2O5/c1-2-19-8(16)4-3-14-7(13)6(5(4)15(17)18)20-9(10,11)12/h3H,2H2,1H3. The van der Waals surface area contributed by atoms with Crippen LogP contribution < -0.4 is 4.74 Å². The second-order valence-electron chi connectivity index (χ2n) is 3.17. The molecular formula is C9H6F3IN2O5. The molecule has 0 bridgehead atoms. The topological polar surface area (TPSA) is 91.6 Å². The molecule has 0 atom stereocenters. The van der Waals surface area contributed by atoms with Crippen molar-refractivity contribution < 1.29 is 32.4 Å². The van der Waals surface area contributed by atoms with E-state index in [1.165, 1.54) is 29.5 Å². The van der Waals surface area contributed by atoms with E-state index in [0.29, 0.717) is 0 Å². The molecule has 0 fully saturated rings. The molecule has 7 nitrogen and oxygen atoms in total. The van der Waals surface area contributed by atoms with Crippen molar-refractivity contribution in [3.05, 3.63) is 25.6 Å². The maximum Gasteiger partial charge on any atom is 0.573 e. The molecular weight excluding hydrogens is 400 g/mol. The zero-order valence-electron chi connectivity index (χ0n) is 9.73. The number of nitro groups is 1. The summed E-state index contributed by atoms with van der Waals surface area (Å²) >= 11 is 1.33. The molecule has 1 aromatic rings. The van der Waals surface area contributed by atoms with Gasteiger partial charge in [-0.25, -0.2) is 9.78 Å². The normalized spacial score (nSPS) is 11.1. The summed E-state index contributed by atoms with van der Waals surface area (Å²) in [7, 11) is 0. The Hall–Kier alpha value is -1.66. The summed E-state index contributed by atoms with van der Waals surface area (Å²) in [6, 6.07) is 0. The third-order valence-corrected chi connectivity index (χ3v) is 2.63. The van der Waals surface area contributed by atoms with Crippen molar-refractivity contribution in [1.29, 1.82) is 0 Å². The maximum atomic E-state index is 12.3. The van der Waals surface area contributed by atoms with Gasteiger partial charge in [-0.2, -0.15) is 0 Å². The van der Waals surface area contributed by atoms with Crippen molar-refractivity contribution in [2.75, 3.05) is 6.61 Å². The highest BCUT2D eigenvalue weighted by Crippen LogP contribution is 2.37. The van der Waals surface area contributed by atoms with Gasteiger partial charge in [-0.15, -0.1) is 13.2 Å². The summed E-state index contributed by atoms with van der Waals surface area (Å²) in [4.78, 5) is 24.7. The highest BCUT2D eigenvalue weighted by Gasteiger charge is 2.39. The summed E-state index contributed by atoms with van der Waals surface area (Å²) in [6.07, 6.45) is -4.39. The molecule has 20 heavy (non-hydrogen) atoms. The van der Waals surface area contributed by atoms with Gasteiger partial charge in [-0.05, 0) is 29.5 Å². The van der Waals surface area contributed by atoms with Crippen LogP contribution in [0.15, 0.2) is 6.20 Å². The molecule has 11 heteroatoms. The highest BCUT2D eigenvalue weighted by atomic mass is 127. The first kappa shape index (κ1) is 16.4. The Bertz CT molecular complexity index is 549. The van der Waals surface area contributed by atoms with E-state index in [-0.39, 0.29) is 6.61 Å². The molecule has 0 aromatic carbocycles. The first-order valence-electron chi connectivity index (χ1n) is 4.93. The number of carbonyl (C=O) groups is 1. The fourth-order valence-electron chi connectivity index (χ4n) is 1.21. The second kappa shape index (κ2) is 6.19. The Morgan fingerprint density at radius 2 is 2.15 bits per heavy atom. The van der Waals surface area contributed by atoms with E-state index in [1.54, 1.807) is 0 Å². The quantitative estimate of drug-likeness (QED) is 0.251. The number of aromatic nitrogens is 1. The first-order chi connectivity index (χ1) is 9.17. The average Bonchev–Trinajstić information content (AvgIpc) is 2.29. The van der Waals surface area contributed by atoms with E-state index in [2.05, 4.69) is 14.5 Å². The van der Waals surface area contributed by atoms with Crippen molar-refractivity contribution in [2.24, 2.45) is 0 Å². The summed E-state index contributed by atoms with van der Waals surface area (Å²) in [6.45, 7) is 1.34. The maximum absolute atomic E-state index is 12.3. The smallest absolute Gasteiger partial charge is 0.462 e. The predicted octanol–water partition coefficient (Wildman–Crippen LogP) is 2.67. The van der Waals surface area contributed by atoms with Gasteiger partial charge >= 0.3 is 18.0 Å². The number of hydrogen-bond acceptors (Lipinski definition) is 6. The van der Waals surface area contributed by atoms with Gasteiger partial charge in [0, 0.05) is 6.20 Å². The van der Waals surface area contributed by atoms with Crippen molar-refractivity contribution in [3.8, 4) is 5.75 Å².